The Balaban J connectivity index is 1.46. The van der Waals surface area contributed by atoms with Crippen LogP contribution >= 0.6 is 7.75 Å². The Morgan fingerprint density at radius 2 is 1.90 bits per heavy atom. The van der Waals surface area contributed by atoms with E-state index in [-0.39, 0.29) is 24.1 Å². The molecule has 0 radical (unpaired) electrons. The molecule has 218 valence electrons. The van der Waals surface area contributed by atoms with Crippen LogP contribution in [0.25, 0.3) is 5.52 Å². The van der Waals surface area contributed by atoms with Crippen LogP contribution in [0.2, 0.25) is 0 Å². The molecule has 1 aromatic carbocycles. The average molecular weight is 578 g/mol. The van der Waals surface area contributed by atoms with E-state index >= 15 is 0 Å². The first-order valence-electron chi connectivity index (χ1n) is 13.2. The van der Waals surface area contributed by atoms with Gasteiger partial charge < -0.3 is 29.9 Å². The van der Waals surface area contributed by atoms with Crippen molar-refractivity contribution in [2.45, 2.75) is 64.1 Å². The molecule has 1 aliphatic rings. The highest BCUT2D eigenvalue weighted by Gasteiger charge is 2.46. The van der Waals surface area contributed by atoms with Crippen molar-refractivity contribution in [3.63, 3.8) is 0 Å². The minimum atomic E-state index is -4.20. The predicted molar refractivity (Wildman–Crippen MR) is 145 cm³/mol. The molecule has 3 heterocycles. The number of aromatic nitrogens is 3. The van der Waals surface area contributed by atoms with Gasteiger partial charge in [0.15, 0.2) is 5.82 Å². The van der Waals surface area contributed by atoms with E-state index in [4.69, 9.17) is 24.3 Å². The van der Waals surface area contributed by atoms with E-state index in [9.17, 15) is 19.6 Å². The number of anilines is 1. The van der Waals surface area contributed by atoms with Gasteiger partial charge in [-0.3, -0.25) is 9.32 Å². The predicted octanol–water partition coefficient (Wildman–Crippen LogP) is 2.63. The number of hydrogen-bond acceptors (Lipinski definition) is 11. The summed E-state index contributed by atoms with van der Waals surface area (Å²) < 4.78 is 37.9. The Morgan fingerprint density at radius 3 is 2.60 bits per heavy atom. The van der Waals surface area contributed by atoms with Crippen molar-refractivity contribution < 1.29 is 38.1 Å². The summed E-state index contributed by atoms with van der Waals surface area (Å²) in [4.78, 5) is 16.6. The Labute approximate surface area is 232 Å². The summed E-state index contributed by atoms with van der Waals surface area (Å²) >= 11 is 0. The Kier molecular flexibility index (Phi) is 9.77. The third kappa shape index (κ3) is 6.80. The molecule has 13 nitrogen and oxygen atoms in total. The first-order chi connectivity index (χ1) is 19.2. The lowest BCUT2D eigenvalue weighted by Gasteiger charge is -2.25. The minimum Gasteiger partial charge on any atom is -0.464 e. The van der Waals surface area contributed by atoms with Crippen LogP contribution in [0, 0.1) is 5.92 Å². The van der Waals surface area contributed by atoms with E-state index < -0.39 is 50.8 Å². The van der Waals surface area contributed by atoms with Gasteiger partial charge in [-0.25, -0.2) is 14.1 Å². The lowest BCUT2D eigenvalue weighted by atomic mass is 10.1. The molecule has 4 rings (SSSR count). The largest absolute Gasteiger partial charge is 0.464 e. The molecule has 0 bridgehead atoms. The quantitative estimate of drug-likeness (QED) is 0.173. The molecule has 1 saturated heterocycles. The summed E-state index contributed by atoms with van der Waals surface area (Å²) in [6, 6.07) is 10.6. The number of esters is 1. The number of carbonyl (C=O) groups is 1. The van der Waals surface area contributed by atoms with E-state index in [0.29, 0.717) is 11.2 Å². The van der Waals surface area contributed by atoms with Gasteiger partial charge in [0.2, 0.25) is 0 Å². The summed E-state index contributed by atoms with van der Waals surface area (Å²) in [6.45, 7) is 5.34. The number of nitrogens with one attached hydrogen (secondary N) is 1. The van der Waals surface area contributed by atoms with Crippen LogP contribution in [-0.4, -0.2) is 68.3 Å². The minimum absolute atomic E-state index is 0.223. The molecule has 3 aromatic rings. The zero-order valence-electron chi connectivity index (χ0n) is 22.6. The summed E-state index contributed by atoms with van der Waals surface area (Å²) in [5, 5.41) is 28.3. The second-order valence-electron chi connectivity index (χ2n) is 9.64. The highest BCUT2D eigenvalue weighted by Crippen LogP contribution is 2.46. The standard InChI is InChI=1S/C26H36N5O8P/c1-4-17(5-2)13-36-26(34)16(3)30-40(35,39-18-9-7-6-8-10-18)37-14-21-22(32)23(33)24(38-21)19-11-12-20-25(27)28-15-29-31(19)20/h6-12,15-17,21-24,32-33H,4-5,13-14H2,1-3H3,(H,30,35)(H2,27,28,29)/t16-,21-,22-,23-,24+,40?/m1/s1. The van der Waals surface area contributed by atoms with Crippen LogP contribution in [0.15, 0.2) is 48.8 Å². The second-order valence-corrected chi connectivity index (χ2v) is 11.3. The van der Waals surface area contributed by atoms with E-state index in [1.165, 1.54) is 17.8 Å². The fraction of sp³-hybridized carbons (Fsp3) is 0.500. The van der Waals surface area contributed by atoms with Gasteiger partial charge in [-0.1, -0.05) is 44.9 Å². The number of benzene rings is 1. The normalized spacial score (nSPS) is 23.2. The van der Waals surface area contributed by atoms with E-state index in [1.54, 1.807) is 42.5 Å². The number of ether oxygens (including phenoxy) is 2. The van der Waals surface area contributed by atoms with Crippen LogP contribution in [-0.2, 0) is 23.4 Å². The number of nitrogen functional groups attached to an aromatic ring is 1. The van der Waals surface area contributed by atoms with Crippen molar-refractivity contribution >= 4 is 25.1 Å². The van der Waals surface area contributed by atoms with Crippen molar-refractivity contribution in [2.75, 3.05) is 18.9 Å². The SMILES string of the molecule is CCC(CC)COC(=O)[C@@H](C)NP(=O)(OC[C@H]1O[C@@H](c2ccc3c(N)ncnn23)[C@H](O)[C@@H]1O)Oc1ccccc1. The van der Waals surface area contributed by atoms with E-state index in [0.717, 1.165) is 12.8 Å². The third-order valence-electron chi connectivity index (χ3n) is 6.86. The fourth-order valence-corrected chi connectivity index (χ4v) is 5.84. The average Bonchev–Trinajstić information content (AvgIpc) is 3.50. The van der Waals surface area contributed by atoms with Gasteiger partial charge in [-0.2, -0.15) is 10.2 Å². The highest BCUT2D eigenvalue weighted by atomic mass is 31.2. The molecule has 0 spiro atoms. The molecular weight excluding hydrogens is 541 g/mol. The zero-order chi connectivity index (χ0) is 28.9. The van der Waals surface area contributed by atoms with Crippen LogP contribution in [0.3, 0.4) is 0 Å². The summed E-state index contributed by atoms with van der Waals surface area (Å²) in [5.41, 5.74) is 6.85. The first-order valence-corrected chi connectivity index (χ1v) is 14.7. The molecule has 40 heavy (non-hydrogen) atoms. The number of fused-ring (bicyclic) bond motifs is 1. The Morgan fingerprint density at radius 1 is 1.18 bits per heavy atom. The van der Waals surface area contributed by atoms with Crippen molar-refractivity contribution in [1.82, 2.24) is 19.7 Å². The van der Waals surface area contributed by atoms with Gasteiger partial charge in [-0.05, 0) is 37.1 Å². The van der Waals surface area contributed by atoms with Crippen molar-refractivity contribution in [3.8, 4) is 5.75 Å². The number of hydrogen-bond donors (Lipinski definition) is 4. The molecule has 0 saturated carbocycles. The van der Waals surface area contributed by atoms with Gasteiger partial charge in [0.25, 0.3) is 0 Å². The molecule has 5 N–H and O–H groups in total. The summed E-state index contributed by atoms with van der Waals surface area (Å²) in [7, 11) is -4.20. The summed E-state index contributed by atoms with van der Waals surface area (Å²) in [5.74, 6) is 0.0904. The molecule has 0 aliphatic carbocycles. The van der Waals surface area contributed by atoms with E-state index in [2.05, 4.69) is 15.2 Å². The van der Waals surface area contributed by atoms with Crippen molar-refractivity contribution in [3.05, 3.63) is 54.5 Å². The number of nitrogens with zero attached hydrogens (tertiary/aromatic N) is 3. The van der Waals surface area contributed by atoms with Crippen LogP contribution < -0.4 is 15.3 Å². The number of aliphatic hydroxyl groups is 2. The van der Waals surface area contributed by atoms with Gasteiger partial charge >= 0.3 is 13.7 Å². The lowest BCUT2D eigenvalue weighted by Crippen LogP contribution is -2.37. The monoisotopic (exact) mass is 577 g/mol. The van der Waals surface area contributed by atoms with Gasteiger partial charge in [-0.15, -0.1) is 0 Å². The molecule has 1 fully saturated rings. The van der Waals surface area contributed by atoms with E-state index in [1.807, 2.05) is 13.8 Å². The van der Waals surface area contributed by atoms with Crippen LogP contribution in [0.4, 0.5) is 5.82 Å². The maximum atomic E-state index is 13.8. The number of para-hydroxylation sites is 1. The Bertz CT molecular complexity index is 1320. The molecular formula is C26H36N5O8P. The lowest BCUT2D eigenvalue weighted by molar-refractivity contribution is -0.146. The zero-order valence-corrected chi connectivity index (χ0v) is 23.5. The highest BCUT2D eigenvalue weighted by molar-refractivity contribution is 7.52. The second kappa shape index (κ2) is 13.1. The van der Waals surface area contributed by atoms with Crippen LogP contribution in [0.1, 0.15) is 45.4 Å². The molecule has 6 atom stereocenters. The topological polar surface area (TPSA) is 180 Å². The van der Waals surface area contributed by atoms with Crippen molar-refractivity contribution in [1.29, 1.82) is 0 Å². The molecule has 1 unspecified atom stereocenters. The maximum Gasteiger partial charge on any atom is 0.459 e. The number of rotatable bonds is 13. The van der Waals surface area contributed by atoms with Gasteiger partial charge in [0.1, 0.15) is 48.1 Å². The maximum absolute atomic E-state index is 13.8. The molecule has 14 heteroatoms. The smallest absolute Gasteiger partial charge is 0.459 e. The number of aliphatic hydroxyl groups excluding tert-OH is 2. The first kappa shape index (κ1) is 29.9. The fourth-order valence-electron chi connectivity index (χ4n) is 4.34. The third-order valence-corrected chi connectivity index (χ3v) is 8.51. The van der Waals surface area contributed by atoms with Crippen LogP contribution in [0.5, 0.6) is 5.75 Å². The number of carbonyl (C=O) groups excluding carboxylic acids is 1. The van der Waals surface area contributed by atoms with Gasteiger partial charge in [0.05, 0.1) is 18.9 Å². The summed E-state index contributed by atoms with van der Waals surface area (Å²) in [6.07, 6.45) is -1.81. The van der Waals surface area contributed by atoms with Gasteiger partial charge in [0, 0.05) is 0 Å². The number of nitrogens with two attached hydrogens (primary N) is 1. The molecule has 2 aromatic heterocycles. The molecule has 0 amide bonds. The molecule has 1 aliphatic heterocycles. The van der Waals surface area contributed by atoms with Crippen molar-refractivity contribution in [2.24, 2.45) is 5.92 Å². The Hall–Kier alpha value is -3.06.